The quantitative estimate of drug-likeness (QED) is 0.878. The third-order valence-corrected chi connectivity index (χ3v) is 3.78. The summed E-state index contributed by atoms with van der Waals surface area (Å²) in [7, 11) is 5.58. The van der Waals surface area contributed by atoms with Gasteiger partial charge in [0.25, 0.3) is 5.91 Å². The molecule has 1 heterocycles. The molecular weight excluding hydrogens is 268 g/mol. The highest BCUT2D eigenvalue weighted by molar-refractivity contribution is 5.96. The summed E-state index contributed by atoms with van der Waals surface area (Å²) < 4.78 is 5.17. The number of likely N-dealkylation sites (N-methyl/N-ethyl adjacent to an activating group) is 1. The minimum absolute atomic E-state index is 0.0222. The van der Waals surface area contributed by atoms with E-state index in [2.05, 4.69) is 0 Å². The maximum atomic E-state index is 12.8. The van der Waals surface area contributed by atoms with Crippen LogP contribution < -0.4 is 0 Å². The molecule has 1 aliphatic heterocycles. The summed E-state index contributed by atoms with van der Waals surface area (Å²) in [5.74, 6) is -0.0222. The molecule has 1 saturated heterocycles. The van der Waals surface area contributed by atoms with Crippen LogP contribution in [0.4, 0.5) is 0 Å². The largest absolute Gasteiger partial charge is 0.391 e. The van der Waals surface area contributed by atoms with Crippen molar-refractivity contribution in [3.8, 4) is 0 Å². The molecular formula is C16H24N2O3. The second-order valence-electron chi connectivity index (χ2n) is 5.85. The van der Waals surface area contributed by atoms with Crippen LogP contribution in [-0.2, 0) is 11.3 Å². The van der Waals surface area contributed by atoms with Gasteiger partial charge < -0.3 is 19.6 Å². The van der Waals surface area contributed by atoms with Crippen molar-refractivity contribution in [2.24, 2.45) is 0 Å². The molecule has 1 amide bonds. The molecule has 5 nitrogen and oxygen atoms in total. The molecule has 1 aliphatic rings. The first-order chi connectivity index (χ1) is 10.0. The Hall–Kier alpha value is -1.43. The molecule has 1 aromatic rings. The van der Waals surface area contributed by atoms with E-state index in [1.807, 2.05) is 43.3 Å². The number of rotatable bonds is 5. The number of β-amino-alcohol motifs (C(OH)–C–C–N with tert-alkyl or cyclic N) is 1. The van der Waals surface area contributed by atoms with Crippen molar-refractivity contribution in [3.63, 3.8) is 0 Å². The van der Waals surface area contributed by atoms with E-state index in [1.54, 1.807) is 12.0 Å². The Morgan fingerprint density at radius 3 is 2.81 bits per heavy atom. The fourth-order valence-corrected chi connectivity index (χ4v) is 2.90. The third-order valence-electron chi connectivity index (χ3n) is 3.78. The Labute approximate surface area is 126 Å². The van der Waals surface area contributed by atoms with Gasteiger partial charge in [-0.15, -0.1) is 0 Å². The molecule has 0 saturated carbocycles. The van der Waals surface area contributed by atoms with Gasteiger partial charge in [-0.25, -0.2) is 0 Å². The number of ether oxygens (including phenoxy) is 1. The molecule has 1 aromatic carbocycles. The number of carbonyl (C=O) groups is 1. The van der Waals surface area contributed by atoms with Crippen molar-refractivity contribution >= 4 is 5.91 Å². The van der Waals surface area contributed by atoms with Gasteiger partial charge in [-0.3, -0.25) is 4.79 Å². The van der Waals surface area contributed by atoms with Gasteiger partial charge in [-0.05, 0) is 32.1 Å². The van der Waals surface area contributed by atoms with Crippen LogP contribution in [0.2, 0.25) is 0 Å². The molecule has 21 heavy (non-hydrogen) atoms. The molecule has 0 radical (unpaired) electrons. The minimum atomic E-state index is -0.437. The van der Waals surface area contributed by atoms with Crippen molar-refractivity contribution in [2.45, 2.75) is 25.2 Å². The Morgan fingerprint density at radius 1 is 1.43 bits per heavy atom. The van der Waals surface area contributed by atoms with Gasteiger partial charge in [0, 0.05) is 31.8 Å². The fraction of sp³-hybridized carbons (Fsp3) is 0.562. The highest BCUT2D eigenvalue weighted by Crippen LogP contribution is 2.23. The Kier molecular flexibility index (Phi) is 5.33. The average molecular weight is 292 g/mol. The topological polar surface area (TPSA) is 53.0 Å². The van der Waals surface area contributed by atoms with E-state index >= 15 is 0 Å². The lowest BCUT2D eigenvalue weighted by Crippen LogP contribution is -2.41. The first-order valence-corrected chi connectivity index (χ1v) is 7.23. The van der Waals surface area contributed by atoms with E-state index in [4.69, 9.17) is 4.74 Å². The van der Waals surface area contributed by atoms with Crippen LogP contribution in [0.5, 0.6) is 0 Å². The first kappa shape index (κ1) is 15.9. The molecule has 1 fully saturated rings. The van der Waals surface area contributed by atoms with E-state index in [9.17, 15) is 9.90 Å². The number of aliphatic hydroxyl groups excluding tert-OH is 1. The molecule has 0 aliphatic carbocycles. The molecule has 2 unspecified atom stereocenters. The van der Waals surface area contributed by atoms with Crippen LogP contribution in [0.1, 0.15) is 22.3 Å². The smallest absolute Gasteiger partial charge is 0.254 e. The zero-order valence-corrected chi connectivity index (χ0v) is 13.0. The molecule has 1 N–H and O–H groups in total. The van der Waals surface area contributed by atoms with E-state index < -0.39 is 6.10 Å². The standard InChI is InChI=1S/C16H24N2O3/c1-17(2)9-13-8-14(19)10-18(13)16(20)15-7-5-4-6-12(15)11-21-3/h4-7,13-14,19H,8-11H2,1-3H3. The zero-order valence-electron chi connectivity index (χ0n) is 13.0. The van der Waals surface area contributed by atoms with Crippen LogP contribution in [0.15, 0.2) is 24.3 Å². The molecule has 0 aromatic heterocycles. The number of aliphatic hydroxyl groups is 1. The van der Waals surface area contributed by atoms with Crippen LogP contribution in [-0.4, -0.2) is 67.3 Å². The zero-order chi connectivity index (χ0) is 15.4. The minimum Gasteiger partial charge on any atom is -0.391 e. The predicted molar refractivity (Wildman–Crippen MR) is 81.2 cm³/mol. The number of methoxy groups -OCH3 is 1. The second-order valence-corrected chi connectivity index (χ2v) is 5.85. The third kappa shape index (κ3) is 3.81. The summed E-state index contributed by atoms with van der Waals surface area (Å²) in [5.41, 5.74) is 1.55. The summed E-state index contributed by atoms with van der Waals surface area (Å²) in [4.78, 5) is 16.7. The van der Waals surface area contributed by atoms with Gasteiger partial charge >= 0.3 is 0 Å². The lowest BCUT2D eigenvalue weighted by Gasteiger charge is -2.27. The average Bonchev–Trinajstić information content (AvgIpc) is 2.79. The SMILES string of the molecule is COCc1ccccc1C(=O)N1CC(O)CC1CN(C)C. The molecule has 0 bridgehead atoms. The summed E-state index contributed by atoms with van der Waals surface area (Å²) in [5, 5.41) is 9.91. The number of benzene rings is 1. The van der Waals surface area contributed by atoms with Crippen molar-refractivity contribution in [1.82, 2.24) is 9.80 Å². The molecule has 116 valence electrons. The van der Waals surface area contributed by atoms with Crippen molar-refractivity contribution in [3.05, 3.63) is 35.4 Å². The Balaban J connectivity index is 2.21. The van der Waals surface area contributed by atoms with Crippen LogP contribution in [0.25, 0.3) is 0 Å². The number of nitrogens with zero attached hydrogens (tertiary/aromatic N) is 2. The fourth-order valence-electron chi connectivity index (χ4n) is 2.90. The van der Waals surface area contributed by atoms with E-state index in [0.29, 0.717) is 25.1 Å². The van der Waals surface area contributed by atoms with Gasteiger partial charge in [-0.2, -0.15) is 0 Å². The lowest BCUT2D eigenvalue weighted by molar-refractivity contribution is 0.0694. The van der Waals surface area contributed by atoms with Crippen LogP contribution in [0.3, 0.4) is 0 Å². The number of carbonyl (C=O) groups excluding carboxylic acids is 1. The summed E-state index contributed by atoms with van der Waals surface area (Å²) >= 11 is 0. The maximum Gasteiger partial charge on any atom is 0.254 e. The summed E-state index contributed by atoms with van der Waals surface area (Å²) in [6.07, 6.45) is 0.199. The summed E-state index contributed by atoms with van der Waals surface area (Å²) in [6.45, 7) is 1.57. The predicted octanol–water partition coefficient (Wildman–Crippen LogP) is 0.970. The lowest BCUT2D eigenvalue weighted by atomic mass is 10.1. The molecule has 5 heteroatoms. The number of hydrogen-bond donors (Lipinski definition) is 1. The van der Waals surface area contributed by atoms with Crippen LogP contribution in [0, 0.1) is 0 Å². The Morgan fingerprint density at radius 2 is 2.14 bits per heavy atom. The van der Waals surface area contributed by atoms with E-state index in [1.165, 1.54) is 0 Å². The molecule has 0 spiro atoms. The van der Waals surface area contributed by atoms with E-state index in [0.717, 1.165) is 12.1 Å². The highest BCUT2D eigenvalue weighted by atomic mass is 16.5. The maximum absolute atomic E-state index is 12.8. The molecule has 2 atom stereocenters. The first-order valence-electron chi connectivity index (χ1n) is 7.23. The monoisotopic (exact) mass is 292 g/mol. The van der Waals surface area contributed by atoms with Gasteiger partial charge in [0.1, 0.15) is 0 Å². The normalized spacial score (nSPS) is 22.0. The van der Waals surface area contributed by atoms with Gasteiger partial charge in [0.2, 0.25) is 0 Å². The second kappa shape index (κ2) is 7.02. The van der Waals surface area contributed by atoms with Crippen molar-refractivity contribution < 1.29 is 14.6 Å². The molecule has 2 rings (SSSR count). The Bertz CT molecular complexity index is 490. The van der Waals surface area contributed by atoms with Gasteiger partial charge in [0.05, 0.1) is 12.7 Å². The van der Waals surface area contributed by atoms with Crippen LogP contribution >= 0.6 is 0 Å². The van der Waals surface area contributed by atoms with Crippen molar-refractivity contribution in [1.29, 1.82) is 0 Å². The highest BCUT2D eigenvalue weighted by Gasteiger charge is 2.35. The van der Waals surface area contributed by atoms with Gasteiger partial charge in [-0.1, -0.05) is 18.2 Å². The number of amides is 1. The van der Waals surface area contributed by atoms with Crippen molar-refractivity contribution in [2.75, 3.05) is 34.3 Å². The number of likely N-dealkylation sites (tertiary alicyclic amines) is 1. The van der Waals surface area contributed by atoms with Gasteiger partial charge in [0.15, 0.2) is 0 Å². The van der Waals surface area contributed by atoms with E-state index in [-0.39, 0.29) is 11.9 Å². The number of hydrogen-bond acceptors (Lipinski definition) is 4. The summed E-state index contributed by atoms with van der Waals surface area (Å²) in [6, 6.07) is 7.55.